The molecule has 2 aliphatic rings. The molecule has 8 nitrogen and oxygen atoms in total. The fourth-order valence-corrected chi connectivity index (χ4v) is 4.19. The van der Waals surface area contributed by atoms with E-state index in [4.69, 9.17) is 14.5 Å². The molecule has 2 fully saturated rings. The standard InChI is InChI=1S/C23H33N5O3/c1-15-20(31-17-8-6-5-7-9-17)11-10-18(25-15)21-19(28(4)27-26-21)13-24-22(29)30-14-16-12-23(16,2)3/h10-11,16-17H,5-9,12-14H2,1-4H3,(H,24,29). The van der Waals surface area contributed by atoms with Crippen molar-refractivity contribution in [1.82, 2.24) is 25.3 Å². The molecule has 2 aromatic heterocycles. The fourth-order valence-electron chi connectivity index (χ4n) is 4.19. The Kier molecular flexibility index (Phi) is 6.16. The zero-order chi connectivity index (χ0) is 22.0. The van der Waals surface area contributed by atoms with E-state index in [-0.39, 0.29) is 18.1 Å². The lowest BCUT2D eigenvalue weighted by Gasteiger charge is -2.23. The Bertz CT molecular complexity index is 933. The summed E-state index contributed by atoms with van der Waals surface area (Å²) in [6.45, 7) is 7.05. The maximum Gasteiger partial charge on any atom is 0.407 e. The van der Waals surface area contributed by atoms with Gasteiger partial charge in [0.1, 0.15) is 11.4 Å². The highest BCUT2D eigenvalue weighted by Gasteiger charge is 2.46. The highest BCUT2D eigenvalue weighted by molar-refractivity contribution is 5.68. The number of ether oxygens (including phenoxy) is 2. The first-order valence-corrected chi connectivity index (χ1v) is 11.3. The molecule has 8 heteroatoms. The van der Waals surface area contributed by atoms with Gasteiger partial charge in [0.2, 0.25) is 0 Å². The number of pyridine rings is 1. The summed E-state index contributed by atoms with van der Waals surface area (Å²) in [6.07, 6.45) is 6.93. The van der Waals surface area contributed by atoms with Crippen molar-refractivity contribution < 1.29 is 14.3 Å². The second-order valence-corrected chi connectivity index (χ2v) is 9.51. The summed E-state index contributed by atoms with van der Waals surface area (Å²) in [4.78, 5) is 16.8. The Balaban J connectivity index is 1.38. The number of nitrogens with zero attached hydrogens (tertiary/aromatic N) is 4. The molecule has 2 heterocycles. The van der Waals surface area contributed by atoms with Crippen molar-refractivity contribution in [3.8, 4) is 17.1 Å². The van der Waals surface area contributed by atoms with Crippen molar-refractivity contribution in [3.05, 3.63) is 23.5 Å². The second kappa shape index (κ2) is 8.85. The molecule has 2 saturated carbocycles. The van der Waals surface area contributed by atoms with Crippen molar-refractivity contribution in [2.75, 3.05) is 6.61 Å². The highest BCUT2D eigenvalue weighted by atomic mass is 16.5. The number of carbonyl (C=O) groups is 1. The van der Waals surface area contributed by atoms with Crippen LogP contribution in [0.4, 0.5) is 4.79 Å². The third-order valence-electron chi connectivity index (χ3n) is 6.60. The van der Waals surface area contributed by atoms with E-state index in [2.05, 4.69) is 29.5 Å². The van der Waals surface area contributed by atoms with Crippen LogP contribution >= 0.6 is 0 Å². The summed E-state index contributed by atoms with van der Waals surface area (Å²) in [5.74, 6) is 1.28. The van der Waals surface area contributed by atoms with Gasteiger partial charge in [-0.3, -0.25) is 0 Å². The van der Waals surface area contributed by atoms with E-state index in [0.29, 0.717) is 23.9 Å². The minimum Gasteiger partial charge on any atom is -0.489 e. The highest BCUT2D eigenvalue weighted by Crippen LogP contribution is 2.51. The van der Waals surface area contributed by atoms with Gasteiger partial charge < -0.3 is 14.8 Å². The zero-order valence-electron chi connectivity index (χ0n) is 19.0. The van der Waals surface area contributed by atoms with Crippen molar-refractivity contribution in [3.63, 3.8) is 0 Å². The van der Waals surface area contributed by atoms with E-state index in [9.17, 15) is 4.79 Å². The van der Waals surface area contributed by atoms with Crippen LogP contribution < -0.4 is 10.1 Å². The van der Waals surface area contributed by atoms with E-state index in [1.807, 2.05) is 19.1 Å². The smallest absolute Gasteiger partial charge is 0.407 e. The third kappa shape index (κ3) is 5.17. The molecule has 1 atom stereocenters. The van der Waals surface area contributed by atoms with Crippen LogP contribution in [-0.2, 0) is 18.3 Å². The van der Waals surface area contributed by atoms with Crippen LogP contribution in [0.25, 0.3) is 11.4 Å². The van der Waals surface area contributed by atoms with Crippen LogP contribution in [0.1, 0.15) is 63.8 Å². The normalized spacial score (nSPS) is 20.3. The van der Waals surface area contributed by atoms with E-state index < -0.39 is 6.09 Å². The summed E-state index contributed by atoms with van der Waals surface area (Å²) >= 11 is 0. The van der Waals surface area contributed by atoms with E-state index >= 15 is 0 Å². The number of aryl methyl sites for hydroxylation is 2. The number of rotatable bonds is 7. The minimum atomic E-state index is -0.421. The molecule has 0 aromatic carbocycles. The first kappa shape index (κ1) is 21.6. The monoisotopic (exact) mass is 427 g/mol. The molecular formula is C23H33N5O3. The van der Waals surface area contributed by atoms with Gasteiger partial charge in [0.25, 0.3) is 0 Å². The molecule has 1 N–H and O–H groups in total. The maximum absolute atomic E-state index is 12.1. The zero-order valence-corrected chi connectivity index (χ0v) is 19.0. The van der Waals surface area contributed by atoms with Crippen LogP contribution in [0.15, 0.2) is 12.1 Å². The number of hydrogen-bond donors (Lipinski definition) is 1. The number of carbonyl (C=O) groups excluding carboxylic acids is 1. The van der Waals surface area contributed by atoms with Crippen LogP contribution in [-0.4, -0.2) is 38.8 Å². The summed E-state index contributed by atoms with van der Waals surface area (Å²) in [5, 5.41) is 11.2. The Morgan fingerprint density at radius 2 is 2.00 bits per heavy atom. The summed E-state index contributed by atoms with van der Waals surface area (Å²) in [6, 6.07) is 3.87. The van der Waals surface area contributed by atoms with Gasteiger partial charge in [0.15, 0.2) is 0 Å². The number of alkyl carbamates (subject to hydrolysis) is 1. The molecule has 2 aliphatic carbocycles. The number of amides is 1. The van der Waals surface area contributed by atoms with Crippen molar-refractivity contribution in [1.29, 1.82) is 0 Å². The minimum absolute atomic E-state index is 0.271. The van der Waals surface area contributed by atoms with Gasteiger partial charge in [-0.1, -0.05) is 25.5 Å². The first-order chi connectivity index (χ1) is 14.8. The molecular weight excluding hydrogens is 394 g/mol. The molecule has 0 radical (unpaired) electrons. The second-order valence-electron chi connectivity index (χ2n) is 9.51. The molecule has 0 bridgehead atoms. The number of aromatic nitrogens is 4. The number of nitrogens with one attached hydrogen (secondary N) is 1. The van der Waals surface area contributed by atoms with Gasteiger partial charge in [0, 0.05) is 7.05 Å². The van der Waals surface area contributed by atoms with Crippen LogP contribution in [0.2, 0.25) is 0 Å². The van der Waals surface area contributed by atoms with E-state index in [1.54, 1.807) is 11.7 Å². The topological polar surface area (TPSA) is 91.2 Å². The predicted molar refractivity (Wildman–Crippen MR) is 117 cm³/mol. The molecule has 2 aromatic rings. The van der Waals surface area contributed by atoms with Gasteiger partial charge in [-0.2, -0.15) is 0 Å². The van der Waals surface area contributed by atoms with Gasteiger partial charge in [-0.05, 0) is 62.5 Å². The van der Waals surface area contributed by atoms with Crippen molar-refractivity contribution >= 4 is 6.09 Å². The van der Waals surface area contributed by atoms with Gasteiger partial charge in [-0.15, -0.1) is 5.10 Å². The molecule has 31 heavy (non-hydrogen) atoms. The summed E-state index contributed by atoms with van der Waals surface area (Å²) in [7, 11) is 1.80. The SMILES string of the molecule is Cc1nc(-c2nnn(C)c2CNC(=O)OCC2CC2(C)C)ccc1OC1CCCCC1. The lowest BCUT2D eigenvalue weighted by molar-refractivity contribution is 0.136. The quantitative estimate of drug-likeness (QED) is 0.713. The lowest BCUT2D eigenvalue weighted by Crippen LogP contribution is -2.26. The van der Waals surface area contributed by atoms with Gasteiger partial charge in [0.05, 0.1) is 36.3 Å². The first-order valence-electron chi connectivity index (χ1n) is 11.3. The van der Waals surface area contributed by atoms with E-state index in [1.165, 1.54) is 19.3 Å². The molecule has 0 aliphatic heterocycles. The van der Waals surface area contributed by atoms with Crippen molar-refractivity contribution in [2.24, 2.45) is 18.4 Å². The molecule has 0 saturated heterocycles. The van der Waals surface area contributed by atoms with Gasteiger partial charge >= 0.3 is 6.09 Å². The Morgan fingerprint density at radius 3 is 2.68 bits per heavy atom. The maximum atomic E-state index is 12.1. The van der Waals surface area contributed by atoms with Crippen LogP contribution in [0, 0.1) is 18.3 Å². The average molecular weight is 428 g/mol. The Hall–Kier alpha value is -2.64. The van der Waals surface area contributed by atoms with E-state index in [0.717, 1.165) is 36.4 Å². The Morgan fingerprint density at radius 1 is 1.26 bits per heavy atom. The summed E-state index contributed by atoms with van der Waals surface area (Å²) < 4.78 is 13.2. The third-order valence-corrected chi connectivity index (χ3v) is 6.60. The van der Waals surface area contributed by atoms with Gasteiger partial charge in [-0.25, -0.2) is 14.5 Å². The summed E-state index contributed by atoms with van der Waals surface area (Å²) in [5.41, 5.74) is 3.26. The van der Waals surface area contributed by atoms with Crippen LogP contribution in [0.3, 0.4) is 0 Å². The predicted octanol–water partition coefficient (Wildman–Crippen LogP) is 4.17. The molecule has 4 rings (SSSR count). The average Bonchev–Trinajstić information content (AvgIpc) is 3.19. The molecule has 1 amide bonds. The van der Waals surface area contributed by atoms with Crippen molar-refractivity contribution in [2.45, 2.75) is 71.9 Å². The van der Waals surface area contributed by atoms with Crippen LogP contribution in [0.5, 0.6) is 5.75 Å². The Labute approximate surface area is 183 Å². The lowest BCUT2D eigenvalue weighted by atomic mass is 9.98. The largest absolute Gasteiger partial charge is 0.489 e. The molecule has 1 unspecified atom stereocenters. The molecule has 0 spiro atoms. The number of hydrogen-bond acceptors (Lipinski definition) is 6. The fraction of sp³-hybridized carbons (Fsp3) is 0.652. The molecule has 168 valence electrons.